The normalized spacial score (nSPS) is 16.8. The first-order valence-electron chi connectivity index (χ1n) is 7.49. The molecule has 3 heteroatoms. The molecule has 0 aliphatic carbocycles. The van der Waals surface area contributed by atoms with Gasteiger partial charge in [-0.1, -0.05) is 19.1 Å². The van der Waals surface area contributed by atoms with Gasteiger partial charge in [0.1, 0.15) is 0 Å². The zero-order valence-corrected chi connectivity index (χ0v) is 12.2. The predicted molar refractivity (Wildman–Crippen MR) is 80.7 cm³/mol. The largest absolute Gasteiger partial charge is 0.378 e. The van der Waals surface area contributed by atoms with Crippen LogP contribution in [0.3, 0.4) is 0 Å². The second kappa shape index (κ2) is 7.51. The average Bonchev–Trinajstić information content (AvgIpc) is 2.47. The third-order valence-corrected chi connectivity index (χ3v) is 3.72. The van der Waals surface area contributed by atoms with Crippen LogP contribution < -0.4 is 10.2 Å². The fourth-order valence-electron chi connectivity index (χ4n) is 2.61. The van der Waals surface area contributed by atoms with Crippen molar-refractivity contribution in [1.82, 2.24) is 5.32 Å². The van der Waals surface area contributed by atoms with Crippen molar-refractivity contribution in [3.63, 3.8) is 0 Å². The summed E-state index contributed by atoms with van der Waals surface area (Å²) in [5.74, 6) is 0. The van der Waals surface area contributed by atoms with Crippen LogP contribution in [-0.4, -0.2) is 32.3 Å². The summed E-state index contributed by atoms with van der Waals surface area (Å²) in [5.41, 5.74) is 2.70. The molecule has 3 nitrogen and oxygen atoms in total. The summed E-state index contributed by atoms with van der Waals surface area (Å²) < 4.78 is 5.70. The van der Waals surface area contributed by atoms with Gasteiger partial charge in [0.15, 0.2) is 0 Å². The topological polar surface area (TPSA) is 24.5 Å². The summed E-state index contributed by atoms with van der Waals surface area (Å²) in [6.07, 6.45) is 2.76. The minimum absolute atomic E-state index is 0.467. The van der Waals surface area contributed by atoms with Crippen molar-refractivity contribution in [3.05, 3.63) is 29.8 Å². The Kier molecular flexibility index (Phi) is 5.67. The van der Waals surface area contributed by atoms with Gasteiger partial charge in [-0.15, -0.1) is 0 Å². The number of piperidine rings is 1. The van der Waals surface area contributed by atoms with E-state index in [1.165, 1.54) is 11.3 Å². The molecule has 1 N–H and O–H groups in total. The van der Waals surface area contributed by atoms with Gasteiger partial charge in [0, 0.05) is 31.9 Å². The van der Waals surface area contributed by atoms with Crippen molar-refractivity contribution in [2.24, 2.45) is 0 Å². The van der Waals surface area contributed by atoms with Gasteiger partial charge in [0.05, 0.1) is 6.10 Å². The monoisotopic (exact) mass is 262 g/mol. The number of rotatable bonds is 6. The van der Waals surface area contributed by atoms with Gasteiger partial charge < -0.3 is 15.0 Å². The fourth-order valence-corrected chi connectivity index (χ4v) is 2.61. The Morgan fingerprint density at radius 2 is 1.84 bits per heavy atom. The molecule has 2 rings (SSSR count). The highest BCUT2D eigenvalue weighted by Crippen LogP contribution is 2.21. The van der Waals surface area contributed by atoms with Crippen LogP contribution in [0.2, 0.25) is 0 Å². The summed E-state index contributed by atoms with van der Waals surface area (Å²) >= 11 is 0. The molecule has 0 aromatic heterocycles. The highest BCUT2D eigenvalue weighted by atomic mass is 16.5. The number of nitrogens with one attached hydrogen (secondary N) is 1. The molecule has 1 aliphatic rings. The fraction of sp³-hybridized carbons (Fsp3) is 0.625. The quantitative estimate of drug-likeness (QED) is 0.853. The van der Waals surface area contributed by atoms with Gasteiger partial charge in [-0.05, 0) is 44.0 Å². The maximum absolute atomic E-state index is 5.70. The van der Waals surface area contributed by atoms with Crippen LogP contribution in [0, 0.1) is 0 Å². The lowest BCUT2D eigenvalue weighted by Crippen LogP contribution is -2.37. The van der Waals surface area contributed by atoms with Gasteiger partial charge >= 0.3 is 0 Å². The van der Waals surface area contributed by atoms with E-state index in [2.05, 4.69) is 48.3 Å². The zero-order chi connectivity index (χ0) is 13.5. The minimum atomic E-state index is 0.467. The average molecular weight is 262 g/mol. The lowest BCUT2D eigenvalue weighted by molar-refractivity contribution is 0.0459. The molecular formula is C16H26N2O. The first-order chi connectivity index (χ1) is 9.33. The first kappa shape index (κ1) is 14.4. The molecule has 0 radical (unpaired) electrons. The Labute approximate surface area is 116 Å². The van der Waals surface area contributed by atoms with E-state index < -0.39 is 0 Å². The van der Waals surface area contributed by atoms with Crippen molar-refractivity contribution < 1.29 is 4.74 Å². The van der Waals surface area contributed by atoms with E-state index in [-0.39, 0.29) is 0 Å². The van der Waals surface area contributed by atoms with Crippen molar-refractivity contribution in [3.8, 4) is 0 Å². The van der Waals surface area contributed by atoms with E-state index in [9.17, 15) is 0 Å². The van der Waals surface area contributed by atoms with Crippen LogP contribution in [-0.2, 0) is 11.3 Å². The number of nitrogens with zero attached hydrogens (tertiary/aromatic N) is 1. The van der Waals surface area contributed by atoms with E-state index >= 15 is 0 Å². The third kappa shape index (κ3) is 4.22. The van der Waals surface area contributed by atoms with Crippen LogP contribution in [0.25, 0.3) is 0 Å². The number of hydrogen-bond acceptors (Lipinski definition) is 3. The number of benzene rings is 1. The molecule has 0 bridgehead atoms. The summed E-state index contributed by atoms with van der Waals surface area (Å²) in [6, 6.07) is 8.95. The van der Waals surface area contributed by atoms with E-state index in [0.29, 0.717) is 6.10 Å². The van der Waals surface area contributed by atoms with Crippen molar-refractivity contribution in [2.75, 3.05) is 31.1 Å². The lowest BCUT2D eigenvalue weighted by Gasteiger charge is -2.33. The molecule has 0 amide bonds. The van der Waals surface area contributed by atoms with E-state index in [4.69, 9.17) is 4.74 Å². The highest BCUT2D eigenvalue weighted by molar-refractivity contribution is 5.48. The van der Waals surface area contributed by atoms with Gasteiger partial charge in [-0.25, -0.2) is 0 Å². The molecule has 1 heterocycles. The maximum atomic E-state index is 5.70. The van der Waals surface area contributed by atoms with Gasteiger partial charge in [-0.3, -0.25) is 0 Å². The van der Waals surface area contributed by atoms with E-state index in [0.717, 1.165) is 45.6 Å². The number of ether oxygens (including phenoxy) is 1. The van der Waals surface area contributed by atoms with Crippen LogP contribution in [0.4, 0.5) is 5.69 Å². The molecule has 1 saturated heterocycles. The Balaban J connectivity index is 1.85. The first-order valence-corrected chi connectivity index (χ1v) is 7.49. The second-order valence-electron chi connectivity index (χ2n) is 5.09. The standard InChI is InChI=1S/C16H26N2O/c1-3-17-13-14-5-7-15(8-6-14)18-11-9-16(10-12-18)19-4-2/h5-8,16-17H,3-4,9-13H2,1-2H3. The highest BCUT2D eigenvalue weighted by Gasteiger charge is 2.19. The molecule has 1 aliphatic heterocycles. The SMILES string of the molecule is CCNCc1ccc(N2CCC(OCC)CC2)cc1. The summed E-state index contributed by atoms with van der Waals surface area (Å²) in [7, 11) is 0. The summed E-state index contributed by atoms with van der Waals surface area (Å²) in [6.45, 7) is 9.25. The van der Waals surface area contributed by atoms with Crippen molar-refractivity contribution >= 4 is 5.69 Å². The molecular weight excluding hydrogens is 236 g/mol. The second-order valence-corrected chi connectivity index (χ2v) is 5.09. The van der Waals surface area contributed by atoms with Gasteiger partial charge in [0.2, 0.25) is 0 Å². The van der Waals surface area contributed by atoms with Gasteiger partial charge in [0.25, 0.3) is 0 Å². The smallest absolute Gasteiger partial charge is 0.0608 e. The Bertz CT molecular complexity index is 356. The molecule has 19 heavy (non-hydrogen) atoms. The van der Waals surface area contributed by atoms with Crippen LogP contribution >= 0.6 is 0 Å². The van der Waals surface area contributed by atoms with E-state index in [1.807, 2.05) is 0 Å². The molecule has 1 aromatic carbocycles. The molecule has 0 saturated carbocycles. The maximum Gasteiger partial charge on any atom is 0.0608 e. The molecule has 0 atom stereocenters. The summed E-state index contributed by atoms with van der Waals surface area (Å²) in [4.78, 5) is 2.46. The number of anilines is 1. The predicted octanol–water partition coefficient (Wildman–Crippen LogP) is 2.80. The lowest BCUT2D eigenvalue weighted by atomic mass is 10.1. The molecule has 106 valence electrons. The molecule has 1 fully saturated rings. The van der Waals surface area contributed by atoms with E-state index in [1.54, 1.807) is 0 Å². The third-order valence-electron chi connectivity index (χ3n) is 3.72. The van der Waals surface area contributed by atoms with Crippen molar-refractivity contribution in [2.45, 2.75) is 39.3 Å². The van der Waals surface area contributed by atoms with Gasteiger partial charge in [-0.2, -0.15) is 0 Å². The molecule has 0 spiro atoms. The molecule has 0 unspecified atom stereocenters. The number of hydrogen-bond donors (Lipinski definition) is 1. The minimum Gasteiger partial charge on any atom is -0.378 e. The van der Waals surface area contributed by atoms with Crippen LogP contribution in [0.15, 0.2) is 24.3 Å². The zero-order valence-electron chi connectivity index (χ0n) is 12.2. The van der Waals surface area contributed by atoms with Crippen molar-refractivity contribution in [1.29, 1.82) is 0 Å². The Hall–Kier alpha value is -1.06. The molecule has 1 aromatic rings. The summed E-state index contributed by atoms with van der Waals surface area (Å²) in [5, 5.41) is 3.35. The Morgan fingerprint density at radius 3 is 2.42 bits per heavy atom. The Morgan fingerprint density at radius 1 is 1.16 bits per heavy atom. The van der Waals surface area contributed by atoms with Crippen LogP contribution in [0.5, 0.6) is 0 Å². The van der Waals surface area contributed by atoms with Crippen LogP contribution in [0.1, 0.15) is 32.3 Å².